The third kappa shape index (κ3) is 2.96. The minimum atomic E-state index is 0.344. The Balaban J connectivity index is 1.53. The summed E-state index contributed by atoms with van der Waals surface area (Å²) in [7, 11) is 1.93. The topological polar surface area (TPSA) is 81.7 Å². The van der Waals surface area contributed by atoms with Crippen LogP contribution < -0.4 is 11.1 Å². The quantitative estimate of drug-likeness (QED) is 0.851. The molecule has 0 atom stereocenters. The molecule has 1 saturated carbocycles. The van der Waals surface area contributed by atoms with Gasteiger partial charge in [-0.3, -0.25) is 4.68 Å². The van der Waals surface area contributed by atoms with Crippen molar-refractivity contribution in [1.29, 1.82) is 0 Å². The van der Waals surface area contributed by atoms with Crippen LogP contribution in [0.25, 0.3) is 0 Å². The Morgan fingerprint density at radius 3 is 2.95 bits per heavy atom. The summed E-state index contributed by atoms with van der Waals surface area (Å²) in [5, 5.41) is 7.49. The van der Waals surface area contributed by atoms with Crippen molar-refractivity contribution in [2.24, 2.45) is 12.8 Å². The fourth-order valence-corrected chi connectivity index (χ4v) is 2.53. The molecule has 0 spiro atoms. The summed E-state index contributed by atoms with van der Waals surface area (Å²) in [5.41, 5.74) is 8.15. The molecule has 0 aliphatic heterocycles. The lowest BCUT2D eigenvalue weighted by atomic mass is 9.79. The zero-order chi connectivity index (χ0) is 13.9. The fourth-order valence-electron chi connectivity index (χ4n) is 2.53. The van der Waals surface area contributed by atoms with Crippen LogP contribution in [0.2, 0.25) is 0 Å². The van der Waals surface area contributed by atoms with E-state index in [0.29, 0.717) is 12.0 Å². The van der Waals surface area contributed by atoms with Crippen molar-refractivity contribution < 1.29 is 0 Å². The van der Waals surface area contributed by atoms with Gasteiger partial charge in [0.1, 0.15) is 12.1 Å². The molecule has 3 N–H and O–H groups in total. The van der Waals surface area contributed by atoms with E-state index in [4.69, 9.17) is 5.73 Å². The largest absolute Gasteiger partial charge is 0.370 e. The van der Waals surface area contributed by atoms with E-state index in [-0.39, 0.29) is 0 Å². The molecular formula is C14H20N6. The van der Waals surface area contributed by atoms with E-state index in [0.717, 1.165) is 37.3 Å². The van der Waals surface area contributed by atoms with Gasteiger partial charge in [0, 0.05) is 43.5 Å². The van der Waals surface area contributed by atoms with E-state index < -0.39 is 0 Å². The second-order valence-electron chi connectivity index (χ2n) is 5.46. The highest BCUT2D eigenvalue weighted by Gasteiger charge is 2.28. The monoisotopic (exact) mass is 272 g/mol. The molecule has 0 radical (unpaired) electrons. The molecule has 0 aromatic carbocycles. The number of nitrogens with one attached hydrogen (secondary N) is 1. The van der Waals surface area contributed by atoms with Crippen molar-refractivity contribution in [3.63, 3.8) is 0 Å². The first-order chi connectivity index (χ1) is 9.70. The summed E-state index contributed by atoms with van der Waals surface area (Å²) in [4.78, 5) is 8.61. The van der Waals surface area contributed by atoms with E-state index in [2.05, 4.69) is 20.4 Å². The Labute approximate surface area is 118 Å². The van der Waals surface area contributed by atoms with Crippen molar-refractivity contribution in [2.75, 3.05) is 11.9 Å². The second-order valence-corrected chi connectivity index (χ2v) is 5.46. The lowest BCUT2D eigenvalue weighted by Gasteiger charge is -2.31. The smallest absolute Gasteiger partial charge is 0.129 e. The lowest BCUT2D eigenvalue weighted by Crippen LogP contribution is -2.35. The molecule has 106 valence electrons. The van der Waals surface area contributed by atoms with Gasteiger partial charge in [-0.25, -0.2) is 9.97 Å². The van der Waals surface area contributed by atoms with Gasteiger partial charge in [0.15, 0.2) is 0 Å². The minimum absolute atomic E-state index is 0.344. The summed E-state index contributed by atoms with van der Waals surface area (Å²) in [6.07, 6.45) is 8.55. The molecule has 1 fully saturated rings. The van der Waals surface area contributed by atoms with Gasteiger partial charge in [0.25, 0.3) is 0 Å². The molecule has 2 aromatic heterocycles. The van der Waals surface area contributed by atoms with Crippen LogP contribution in [0, 0.1) is 0 Å². The van der Waals surface area contributed by atoms with Crippen LogP contribution in [0.1, 0.15) is 30.0 Å². The first kappa shape index (κ1) is 13.1. The molecule has 1 aliphatic rings. The van der Waals surface area contributed by atoms with Gasteiger partial charge in [0.05, 0.1) is 6.20 Å². The molecular weight excluding hydrogens is 252 g/mol. The summed E-state index contributed by atoms with van der Waals surface area (Å²) in [6.45, 7) is 0.840. The van der Waals surface area contributed by atoms with Crippen LogP contribution in [-0.4, -0.2) is 32.3 Å². The van der Waals surface area contributed by atoms with Crippen molar-refractivity contribution in [3.8, 4) is 0 Å². The Hall–Kier alpha value is -1.95. The fraction of sp³-hybridized carbons (Fsp3) is 0.500. The standard InChI is InChI=1S/C14H20N6/c1-20-8-10(7-19-20)2-3-16-14-6-13(17-9-18-14)11-4-12(15)5-11/h6-9,11-12H,2-5,15H2,1H3,(H,16,17,18). The van der Waals surface area contributed by atoms with Crippen LogP contribution in [0.15, 0.2) is 24.8 Å². The predicted octanol–water partition coefficient (Wildman–Crippen LogP) is 1.07. The summed E-state index contributed by atoms with van der Waals surface area (Å²) in [5.74, 6) is 1.39. The maximum atomic E-state index is 5.82. The first-order valence-corrected chi connectivity index (χ1v) is 6.99. The van der Waals surface area contributed by atoms with Gasteiger partial charge in [0.2, 0.25) is 0 Å². The van der Waals surface area contributed by atoms with Crippen molar-refractivity contribution in [1.82, 2.24) is 19.7 Å². The summed E-state index contributed by atoms with van der Waals surface area (Å²) in [6, 6.07) is 2.39. The van der Waals surface area contributed by atoms with E-state index in [1.54, 1.807) is 6.33 Å². The van der Waals surface area contributed by atoms with E-state index in [9.17, 15) is 0 Å². The van der Waals surface area contributed by atoms with Crippen LogP contribution >= 0.6 is 0 Å². The van der Waals surface area contributed by atoms with Crippen molar-refractivity contribution in [3.05, 3.63) is 36.0 Å². The molecule has 0 amide bonds. The van der Waals surface area contributed by atoms with Crippen LogP contribution in [0.3, 0.4) is 0 Å². The van der Waals surface area contributed by atoms with Gasteiger partial charge in [-0.1, -0.05) is 0 Å². The van der Waals surface area contributed by atoms with Gasteiger partial charge >= 0.3 is 0 Å². The number of rotatable bonds is 5. The highest BCUT2D eigenvalue weighted by molar-refractivity contribution is 5.36. The second kappa shape index (κ2) is 5.58. The molecule has 0 saturated heterocycles. The highest BCUT2D eigenvalue weighted by Crippen LogP contribution is 2.34. The number of aryl methyl sites for hydroxylation is 1. The van der Waals surface area contributed by atoms with Crippen LogP contribution in [-0.2, 0) is 13.5 Å². The van der Waals surface area contributed by atoms with Crippen molar-refractivity contribution in [2.45, 2.75) is 31.2 Å². The molecule has 1 aliphatic carbocycles. The average molecular weight is 272 g/mol. The van der Waals surface area contributed by atoms with Gasteiger partial charge in [-0.2, -0.15) is 5.10 Å². The third-order valence-electron chi connectivity index (χ3n) is 3.76. The van der Waals surface area contributed by atoms with Gasteiger partial charge < -0.3 is 11.1 Å². The zero-order valence-electron chi connectivity index (χ0n) is 11.7. The number of hydrogen-bond acceptors (Lipinski definition) is 5. The summed E-state index contributed by atoms with van der Waals surface area (Å²) < 4.78 is 1.82. The minimum Gasteiger partial charge on any atom is -0.370 e. The molecule has 0 unspecified atom stereocenters. The number of anilines is 1. The molecule has 6 nitrogen and oxygen atoms in total. The van der Waals surface area contributed by atoms with Crippen LogP contribution in [0.4, 0.5) is 5.82 Å². The molecule has 3 rings (SSSR count). The SMILES string of the molecule is Cn1cc(CCNc2cc(C3CC(N)C3)ncn2)cn1. The predicted molar refractivity (Wildman–Crippen MR) is 77.4 cm³/mol. The molecule has 2 aromatic rings. The third-order valence-corrected chi connectivity index (χ3v) is 3.76. The van der Waals surface area contributed by atoms with E-state index in [1.165, 1.54) is 5.56 Å². The normalized spacial score (nSPS) is 21.5. The summed E-state index contributed by atoms with van der Waals surface area (Å²) >= 11 is 0. The zero-order valence-corrected chi connectivity index (χ0v) is 11.7. The Morgan fingerprint density at radius 1 is 1.40 bits per heavy atom. The first-order valence-electron chi connectivity index (χ1n) is 6.99. The molecule has 20 heavy (non-hydrogen) atoms. The Kier molecular flexibility index (Phi) is 3.64. The maximum Gasteiger partial charge on any atom is 0.129 e. The van der Waals surface area contributed by atoms with Gasteiger partial charge in [-0.05, 0) is 24.8 Å². The average Bonchev–Trinajstić information content (AvgIpc) is 2.81. The lowest BCUT2D eigenvalue weighted by molar-refractivity contribution is 0.345. The van der Waals surface area contributed by atoms with E-state index in [1.807, 2.05) is 30.2 Å². The Bertz CT molecular complexity index is 573. The van der Waals surface area contributed by atoms with E-state index >= 15 is 0 Å². The molecule has 6 heteroatoms. The maximum absolute atomic E-state index is 5.82. The Morgan fingerprint density at radius 2 is 2.25 bits per heavy atom. The van der Waals surface area contributed by atoms with Gasteiger partial charge in [-0.15, -0.1) is 0 Å². The number of nitrogens with two attached hydrogens (primary N) is 1. The molecule has 2 heterocycles. The highest BCUT2D eigenvalue weighted by atomic mass is 15.2. The number of nitrogens with zero attached hydrogens (tertiary/aromatic N) is 4. The molecule has 0 bridgehead atoms. The van der Waals surface area contributed by atoms with Crippen LogP contribution in [0.5, 0.6) is 0 Å². The number of hydrogen-bond donors (Lipinski definition) is 2. The van der Waals surface area contributed by atoms with Crippen molar-refractivity contribution >= 4 is 5.82 Å². The number of aromatic nitrogens is 4.